The Morgan fingerprint density at radius 2 is 2.43 bits per heavy atom. The lowest BCUT2D eigenvalue weighted by molar-refractivity contribution is -0.134. The summed E-state index contributed by atoms with van der Waals surface area (Å²) in [6, 6.07) is 5.61. The molecule has 0 bridgehead atoms. The Bertz CT molecular complexity index is 532. The number of halogens is 1. The lowest BCUT2D eigenvalue weighted by Crippen LogP contribution is -2.46. The third-order valence-electron chi connectivity index (χ3n) is 3.25. The highest BCUT2D eigenvalue weighted by atomic mass is 79.9. The molecule has 1 fully saturated rings. The minimum atomic E-state index is -0.295. The van der Waals surface area contributed by atoms with Crippen LogP contribution in [0.1, 0.15) is 5.56 Å². The molecule has 1 aliphatic heterocycles. The van der Waals surface area contributed by atoms with Crippen molar-refractivity contribution in [1.82, 2.24) is 4.90 Å². The van der Waals surface area contributed by atoms with Gasteiger partial charge in [0.1, 0.15) is 5.75 Å². The van der Waals surface area contributed by atoms with Crippen LogP contribution in [0.2, 0.25) is 0 Å². The number of aliphatic hydroxyl groups excluding tert-OH is 1. The summed E-state index contributed by atoms with van der Waals surface area (Å²) < 4.78 is 11.5. The van der Waals surface area contributed by atoms with E-state index in [2.05, 4.69) is 15.9 Å². The van der Waals surface area contributed by atoms with Crippen molar-refractivity contribution in [3.63, 3.8) is 0 Å². The van der Waals surface area contributed by atoms with Gasteiger partial charge in [0, 0.05) is 29.2 Å². The Morgan fingerprint density at radius 3 is 3.14 bits per heavy atom. The van der Waals surface area contributed by atoms with Crippen molar-refractivity contribution in [2.75, 3.05) is 33.4 Å². The van der Waals surface area contributed by atoms with Crippen LogP contribution in [0.4, 0.5) is 0 Å². The highest BCUT2D eigenvalue weighted by Gasteiger charge is 2.22. The van der Waals surface area contributed by atoms with E-state index in [-0.39, 0.29) is 18.6 Å². The van der Waals surface area contributed by atoms with Gasteiger partial charge in [0.15, 0.2) is 0 Å². The second-order valence-corrected chi connectivity index (χ2v) is 5.59. The lowest BCUT2D eigenvalue weighted by atomic mass is 10.2. The molecule has 0 spiro atoms. The van der Waals surface area contributed by atoms with Crippen LogP contribution in [-0.4, -0.2) is 55.4 Å². The fourth-order valence-electron chi connectivity index (χ4n) is 2.13. The molecule has 0 radical (unpaired) electrons. The van der Waals surface area contributed by atoms with Crippen LogP contribution in [0.15, 0.2) is 28.7 Å². The molecule has 5 nitrogen and oxygen atoms in total. The highest BCUT2D eigenvalue weighted by Crippen LogP contribution is 2.24. The Morgan fingerprint density at radius 1 is 1.62 bits per heavy atom. The molecule has 21 heavy (non-hydrogen) atoms. The van der Waals surface area contributed by atoms with Crippen molar-refractivity contribution in [2.45, 2.75) is 6.10 Å². The third-order valence-corrected chi connectivity index (χ3v) is 3.74. The summed E-state index contributed by atoms with van der Waals surface area (Å²) in [5, 5.41) is 9.09. The summed E-state index contributed by atoms with van der Waals surface area (Å²) in [5.41, 5.74) is 0.826. The van der Waals surface area contributed by atoms with Gasteiger partial charge < -0.3 is 19.5 Å². The number of benzene rings is 1. The third kappa shape index (κ3) is 4.30. The van der Waals surface area contributed by atoms with Gasteiger partial charge in [0.2, 0.25) is 5.91 Å². The molecule has 1 unspecified atom stereocenters. The van der Waals surface area contributed by atoms with E-state index in [1.165, 1.54) is 6.08 Å². The minimum absolute atomic E-state index is 0.0764. The second kappa shape index (κ2) is 7.59. The molecule has 6 heteroatoms. The van der Waals surface area contributed by atoms with Gasteiger partial charge in [-0.2, -0.15) is 0 Å². The normalized spacial score (nSPS) is 19.0. The summed E-state index contributed by atoms with van der Waals surface area (Å²) in [4.78, 5) is 13.8. The van der Waals surface area contributed by atoms with Crippen molar-refractivity contribution >= 4 is 27.9 Å². The van der Waals surface area contributed by atoms with E-state index in [0.717, 1.165) is 10.0 Å². The van der Waals surface area contributed by atoms with E-state index >= 15 is 0 Å². The van der Waals surface area contributed by atoms with Gasteiger partial charge in [-0.05, 0) is 24.3 Å². The summed E-state index contributed by atoms with van der Waals surface area (Å²) >= 11 is 3.40. The van der Waals surface area contributed by atoms with Gasteiger partial charge in [-0.15, -0.1) is 0 Å². The SMILES string of the molecule is COc1ccc(Br)cc1/C=C/C(=O)N1CCOC(CO)C1. The molecule has 114 valence electrons. The van der Waals surface area contributed by atoms with Gasteiger partial charge >= 0.3 is 0 Å². The van der Waals surface area contributed by atoms with Crippen LogP contribution < -0.4 is 4.74 Å². The van der Waals surface area contributed by atoms with Gasteiger partial charge in [-0.25, -0.2) is 0 Å². The number of carbonyl (C=O) groups excluding carboxylic acids is 1. The van der Waals surface area contributed by atoms with E-state index in [1.807, 2.05) is 18.2 Å². The number of ether oxygens (including phenoxy) is 2. The van der Waals surface area contributed by atoms with Crippen LogP contribution in [0.5, 0.6) is 5.75 Å². The number of nitrogens with zero attached hydrogens (tertiary/aromatic N) is 1. The first-order valence-corrected chi connectivity index (χ1v) is 7.46. The monoisotopic (exact) mass is 355 g/mol. The lowest BCUT2D eigenvalue weighted by Gasteiger charge is -2.31. The average Bonchev–Trinajstić information content (AvgIpc) is 2.52. The molecule has 0 aromatic heterocycles. The number of carbonyl (C=O) groups is 1. The van der Waals surface area contributed by atoms with Crippen molar-refractivity contribution in [3.05, 3.63) is 34.3 Å². The summed E-state index contributed by atoms with van der Waals surface area (Å²) in [7, 11) is 1.59. The van der Waals surface area contributed by atoms with Gasteiger partial charge in [0.25, 0.3) is 0 Å². The molecular formula is C15H18BrNO4. The molecule has 1 aliphatic rings. The predicted molar refractivity (Wildman–Crippen MR) is 83.1 cm³/mol. The molecular weight excluding hydrogens is 338 g/mol. The first-order chi connectivity index (χ1) is 10.1. The van der Waals surface area contributed by atoms with Crippen molar-refractivity contribution in [2.24, 2.45) is 0 Å². The zero-order valence-corrected chi connectivity index (χ0v) is 13.4. The van der Waals surface area contributed by atoms with Crippen LogP contribution in [0.3, 0.4) is 0 Å². The van der Waals surface area contributed by atoms with E-state index in [9.17, 15) is 4.79 Å². The summed E-state index contributed by atoms with van der Waals surface area (Å²) in [5.74, 6) is 0.608. The number of rotatable bonds is 4. The van der Waals surface area contributed by atoms with Crippen molar-refractivity contribution < 1.29 is 19.4 Å². The van der Waals surface area contributed by atoms with E-state index in [4.69, 9.17) is 14.6 Å². The number of methoxy groups -OCH3 is 1. The molecule has 1 aromatic carbocycles. The maximum absolute atomic E-state index is 12.2. The molecule has 1 heterocycles. The Hall–Kier alpha value is -1.37. The predicted octanol–water partition coefficient (Wildman–Crippen LogP) is 1.69. The maximum atomic E-state index is 12.2. The zero-order valence-electron chi connectivity index (χ0n) is 11.8. The van der Waals surface area contributed by atoms with Crippen LogP contribution in [0, 0.1) is 0 Å². The molecule has 1 N–H and O–H groups in total. The largest absolute Gasteiger partial charge is 0.496 e. The smallest absolute Gasteiger partial charge is 0.246 e. The van der Waals surface area contributed by atoms with E-state index in [1.54, 1.807) is 18.1 Å². The molecule has 0 aliphatic carbocycles. The molecule has 0 saturated carbocycles. The highest BCUT2D eigenvalue weighted by molar-refractivity contribution is 9.10. The first kappa shape index (κ1) is 16.0. The summed E-state index contributed by atoms with van der Waals surface area (Å²) in [6.07, 6.45) is 2.95. The maximum Gasteiger partial charge on any atom is 0.246 e. The van der Waals surface area contributed by atoms with Crippen LogP contribution >= 0.6 is 15.9 Å². The standard InChI is InChI=1S/C15H18BrNO4/c1-20-14-4-3-12(16)8-11(14)2-5-15(19)17-6-7-21-13(9-17)10-18/h2-5,8,13,18H,6-7,9-10H2,1H3/b5-2+. The number of amides is 1. The van der Waals surface area contributed by atoms with Crippen LogP contribution in [0.25, 0.3) is 6.08 Å². The first-order valence-electron chi connectivity index (χ1n) is 6.67. The number of aliphatic hydroxyl groups is 1. The zero-order chi connectivity index (χ0) is 15.2. The number of hydrogen-bond donors (Lipinski definition) is 1. The molecule has 1 aromatic rings. The van der Waals surface area contributed by atoms with E-state index in [0.29, 0.717) is 25.4 Å². The minimum Gasteiger partial charge on any atom is -0.496 e. The van der Waals surface area contributed by atoms with E-state index < -0.39 is 0 Å². The fourth-order valence-corrected chi connectivity index (χ4v) is 2.51. The van der Waals surface area contributed by atoms with Gasteiger partial charge in [-0.1, -0.05) is 15.9 Å². The van der Waals surface area contributed by atoms with Gasteiger partial charge in [-0.3, -0.25) is 4.79 Å². The Balaban J connectivity index is 2.06. The molecule has 1 atom stereocenters. The Kier molecular flexibility index (Phi) is 5.78. The quantitative estimate of drug-likeness (QED) is 0.835. The number of morpholine rings is 1. The second-order valence-electron chi connectivity index (χ2n) is 4.68. The van der Waals surface area contributed by atoms with Crippen LogP contribution in [-0.2, 0) is 9.53 Å². The molecule has 1 amide bonds. The average molecular weight is 356 g/mol. The van der Waals surface area contributed by atoms with Crippen molar-refractivity contribution in [3.8, 4) is 5.75 Å². The molecule has 1 saturated heterocycles. The Labute approximate surface area is 132 Å². The summed E-state index contributed by atoms with van der Waals surface area (Å²) in [6.45, 7) is 1.32. The van der Waals surface area contributed by atoms with Gasteiger partial charge in [0.05, 0.1) is 26.4 Å². The number of hydrogen-bond acceptors (Lipinski definition) is 4. The van der Waals surface area contributed by atoms with Crippen molar-refractivity contribution in [1.29, 1.82) is 0 Å². The topological polar surface area (TPSA) is 59.0 Å². The molecule has 2 rings (SSSR count). The fraction of sp³-hybridized carbons (Fsp3) is 0.400.